The fraction of sp³-hybridized carbons (Fsp3) is 0.423. The number of nitrogens with one attached hydrogen (secondary N) is 2. The standard InChI is InChI=1S/C26H34N6O3/c1-34-22-10-9-21(20-23(22)35-19-7-16-31-14-4-5-15-31)29-26-28-13-11-24(30-26)27-12-6-18-32-17-3-2-8-25(32)33/h2-3,8-11,13,17,20H,4-7,12,14-16,18-19H2,1H3,(H2,27,28,29,30). The third kappa shape index (κ3) is 7.45. The molecular weight excluding hydrogens is 444 g/mol. The second-order valence-corrected chi connectivity index (χ2v) is 8.52. The Morgan fingerprint density at radius 1 is 1.03 bits per heavy atom. The second kappa shape index (κ2) is 12.8. The van der Waals surface area contributed by atoms with Gasteiger partial charge in [0.15, 0.2) is 11.5 Å². The lowest BCUT2D eigenvalue weighted by Crippen LogP contribution is -2.21. The highest BCUT2D eigenvalue weighted by molar-refractivity contribution is 5.60. The Bertz CT molecular complexity index is 1130. The highest BCUT2D eigenvalue weighted by Gasteiger charge is 2.12. The van der Waals surface area contributed by atoms with E-state index in [-0.39, 0.29) is 5.56 Å². The van der Waals surface area contributed by atoms with Gasteiger partial charge in [-0.2, -0.15) is 4.98 Å². The van der Waals surface area contributed by atoms with E-state index in [1.807, 2.05) is 30.3 Å². The van der Waals surface area contributed by atoms with E-state index in [0.29, 0.717) is 37.1 Å². The van der Waals surface area contributed by atoms with Crippen LogP contribution in [-0.4, -0.2) is 59.3 Å². The number of aromatic nitrogens is 3. The summed E-state index contributed by atoms with van der Waals surface area (Å²) in [6.07, 6.45) is 7.89. The molecule has 1 aliphatic rings. The molecule has 0 spiro atoms. The maximum atomic E-state index is 11.8. The quantitative estimate of drug-likeness (QED) is 0.359. The number of hydrogen-bond acceptors (Lipinski definition) is 8. The Morgan fingerprint density at radius 3 is 2.74 bits per heavy atom. The summed E-state index contributed by atoms with van der Waals surface area (Å²) in [4.78, 5) is 23.1. The molecule has 1 aromatic carbocycles. The van der Waals surface area contributed by atoms with Gasteiger partial charge in [0.25, 0.3) is 0 Å². The predicted molar refractivity (Wildman–Crippen MR) is 138 cm³/mol. The highest BCUT2D eigenvalue weighted by atomic mass is 16.5. The largest absolute Gasteiger partial charge is 0.493 e. The van der Waals surface area contributed by atoms with Crippen LogP contribution in [0.5, 0.6) is 11.5 Å². The molecule has 9 heteroatoms. The number of methoxy groups -OCH3 is 1. The average molecular weight is 479 g/mol. The summed E-state index contributed by atoms with van der Waals surface area (Å²) in [5.74, 6) is 2.60. The number of likely N-dealkylation sites (tertiary alicyclic amines) is 1. The first-order valence-corrected chi connectivity index (χ1v) is 12.2. The van der Waals surface area contributed by atoms with E-state index in [1.54, 1.807) is 36.2 Å². The van der Waals surface area contributed by atoms with Crippen LogP contribution in [0.25, 0.3) is 0 Å². The Morgan fingerprint density at radius 2 is 1.91 bits per heavy atom. The molecule has 1 fully saturated rings. The molecule has 4 rings (SSSR count). The van der Waals surface area contributed by atoms with Gasteiger partial charge in [-0.25, -0.2) is 4.98 Å². The van der Waals surface area contributed by atoms with Gasteiger partial charge < -0.3 is 29.6 Å². The number of hydrogen-bond donors (Lipinski definition) is 2. The third-order valence-electron chi connectivity index (χ3n) is 5.93. The van der Waals surface area contributed by atoms with Crippen LogP contribution in [0.2, 0.25) is 0 Å². The number of nitrogens with zero attached hydrogens (tertiary/aromatic N) is 4. The minimum Gasteiger partial charge on any atom is -0.493 e. The molecule has 2 aromatic heterocycles. The molecule has 0 bridgehead atoms. The fourth-order valence-electron chi connectivity index (χ4n) is 4.10. The lowest BCUT2D eigenvalue weighted by atomic mass is 10.2. The molecule has 1 saturated heterocycles. The molecule has 9 nitrogen and oxygen atoms in total. The summed E-state index contributed by atoms with van der Waals surface area (Å²) in [6.45, 7) is 5.44. The summed E-state index contributed by atoms with van der Waals surface area (Å²) in [5, 5.41) is 6.54. The van der Waals surface area contributed by atoms with Gasteiger partial charge in [-0.05, 0) is 63.0 Å². The van der Waals surface area contributed by atoms with Crippen molar-refractivity contribution < 1.29 is 9.47 Å². The fourth-order valence-corrected chi connectivity index (χ4v) is 4.10. The lowest BCUT2D eigenvalue weighted by Gasteiger charge is -2.16. The van der Waals surface area contributed by atoms with Gasteiger partial charge >= 0.3 is 0 Å². The van der Waals surface area contributed by atoms with Crippen LogP contribution in [0.15, 0.2) is 59.7 Å². The molecule has 186 valence electrons. The summed E-state index contributed by atoms with van der Waals surface area (Å²) >= 11 is 0. The smallest absolute Gasteiger partial charge is 0.250 e. The lowest BCUT2D eigenvalue weighted by molar-refractivity contribution is 0.254. The average Bonchev–Trinajstić information content (AvgIpc) is 3.40. The van der Waals surface area contributed by atoms with Gasteiger partial charge in [0.1, 0.15) is 5.82 Å². The number of ether oxygens (including phenoxy) is 2. The number of pyridine rings is 1. The Kier molecular flexibility index (Phi) is 8.94. The zero-order valence-corrected chi connectivity index (χ0v) is 20.3. The van der Waals surface area contributed by atoms with Crippen LogP contribution in [0, 0.1) is 0 Å². The second-order valence-electron chi connectivity index (χ2n) is 8.52. The van der Waals surface area contributed by atoms with Crippen molar-refractivity contribution in [3.8, 4) is 11.5 Å². The van der Waals surface area contributed by atoms with Crippen LogP contribution in [0.4, 0.5) is 17.5 Å². The molecule has 35 heavy (non-hydrogen) atoms. The van der Waals surface area contributed by atoms with E-state index >= 15 is 0 Å². The van der Waals surface area contributed by atoms with Crippen LogP contribution < -0.4 is 25.7 Å². The molecule has 0 amide bonds. The summed E-state index contributed by atoms with van der Waals surface area (Å²) in [7, 11) is 1.64. The monoisotopic (exact) mass is 478 g/mol. The summed E-state index contributed by atoms with van der Waals surface area (Å²) < 4.78 is 13.2. The molecule has 0 radical (unpaired) electrons. The molecule has 3 heterocycles. The van der Waals surface area contributed by atoms with E-state index in [1.165, 1.54) is 25.9 Å². The van der Waals surface area contributed by atoms with Crippen molar-refractivity contribution in [1.82, 2.24) is 19.4 Å². The Balaban J connectivity index is 1.28. The van der Waals surface area contributed by atoms with Gasteiger partial charge in [-0.3, -0.25) is 4.79 Å². The minimum atomic E-state index is 0.00968. The third-order valence-corrected chi connectivity index (χ3v) is 5.93. The van der Waals surface area contributed by atoms with Gasteiger partial charge in [0, 0.05) is 49.8 Å². The van der Waals surface area contributed by atoms with Crippen molar-refractivity contribution in [2.24, 2.45) is 0 Å². The van der Waals surface area contributed by atoms with Crippen LogP contribution in [-0.2, 0) is 6.54 Å². The predicted octanol–water partition coefficient (Wildman–Crippen LogP) is 3.76. The maximum absolute atomic E-state index is 11.8. The number of aryl methyl sites for hydroxylation is 1. The van der Waals surface area contributed by atoms with E-state index in [9.17, 15) is 4.79 Å². The van der Waals surface area contributed by atoms with Gasteiger partial charge in [-0.15, -0.1) is 0 Å². The molecule has 0 saturated carbocycles. The maximum Gasteiger partial charge on any atom is 0.250 e. The summed E-state index contributed by atoms with van der Waals surface area (Å²) in [6, 6.07) is 12.7. The van der Waals surface area contributed by atoms with Crippen LogP contribution in [0.1, 0.15) is 25.7 Å². The zero-order valence-electron chi connectivity index (χ0n) is 20.3. The minimum absolute atomic E-state index is 0.00968. The van der Waals surface area contributed by atoms with Crippen molar-refractivity contribution in [3.05, 3.63) is 65.2 Å². The Hall–Kier alpha value is -3.59. The molecule has 0 atom stereocenters. The van der Waals surface area contributed by atoms with Crippen molar-refractivity contribution >= 4 is 17.5 Å². The zero-order chi connectivity index (χ0) is 24.3. The van der Waals surface area contributed by atoms with Crippen LogP contribution in [0.3, 0.4) is 0 Å². The Labute approximate surface area is 206 Å². The normalized spacial score (nSPS) is 13.5. The SMILES string of the molecule is COc1ccc(Nc2nccc(NCCCn3ccccc3=O)n2)cc1OCCCN1CCCC1. The first kappa shape index (κ1) is 24.5. The van der Waals surface area contributed by atoms with Gasteiger partial charge in [0.05, 0.1) is 13.7 Å². The summed E-state index contributed by atoms with van der Waals surface area (Å²) in [5.41, 5.74) is 0.830. The van der Waals surface area contributed by atoms with Gasteiger partial charge in [0.2, 0.25) is 11.5 Å². The van der Waals surface area contributed by atoms with E-state index < -0.39 is 0 Å². The van der Waals surface area contributed by atoms with E-state index in [0.717, 1.165) is 30.9 Å². The first-order chi connectivity index (χ1) is 17.2. The molecule has 0 unspecified atom stereocenters. The van der Waals surface area contributed by atoms with Crippen molar-refractivity contribution in [1.29, 1.82) is 0 Å². The number of benzene rings is 1. The molecular formula is C26H34N6O3. The topological polar surface area (TPSA) is 93.5 Å². The van der Waals surface area contributed by atoms with Crippen molar-refractivity contribution in [3.63, 3.8) is 0 Å². The van der Waals surface area contributed by atoms with Crippen molar-refractivity contribution in [2.75, 3.05) is 50.5 Å². The molecule has 3 aromatic rings. The number of anilines is 3. The van der Waals surface area contributed by atoms with Gasteiger partial charge in [-0.1, -0.05) is 6.07 Å². The molecule has 2 N–H and O–H groups in total. The molecule has 1 aliphatic heterocycles. The first-order valence-electron chi connectivity index (χ1n) is 12.2. The van der Waals surface area contributed by atoms with Crippen LogP contribution >= 0.6 is 0 Å². The van der Waals surface area contributed by atoms with E-state index in [4.69, 9.17) is 9.47 Å². The molecule has 0 aliphatic carbocycles. The number of rotatable bonds is 13. The van der Waals surface area contributed by atoms with Crippen molar-refractivity contribution in [2.45, 2.75) is 32.2 Å². The van der Waals surface area contributed by atoms with E-state index in [2.05, 4.69) is 25.5 Å². The highest BCUT2D eigenvalue weighted by Crippen LogP contribution is 2.31.